The van der Waals surface area contributed by atoms with Crippen LogP contribution < -0.4 is 14.2 Å². The SMILES string of the molecule is [2H]C(=C(CCC)c1cccc(OCCN2CCCCC2)c1)c1cc(OC(=O)C(C)(C)C)ccc1OC(=O)C(C)(C)C. The molecule has 2 aromatic carbocycles. The van der Waals surface area contributed by atoms with Crippen molar-refractivity contribution < 1.29 is 25.2 Å². The van der Waals surface area contributed by atoms with Crippen LogP contribution in [0.4, 0.5) is 0 Å². The minimum absolute atomic E-state index is 0.211. The van der Waals surface area contributed by atoms with E-state index in [0.717, 1.165) is 42.9 Å². The van der Waals surface area contributed by atoms with Crippen molar-refractivity contribution in [2.75, 3.05) is 26.2 Å². The highest BCUT2D eigenvalue weighted by atomic mass is 16.5. The Kier molecular flexibility index (Phi) is 10.4. The molecule has 2 aromatic rings. The van der Waals surface area contributed by atoms with Crippen LogP contribution in [0, 0.1) is 10.8 Å². The number of nitrogens with zero attached hydrogens (tertiary/aromatic N) is 1. The van der Waals surface area contributed by atoms with Crippen molar-refractivity contribution in [3.8, 4) is 17.2 Å². The van der Waals surface area contributed by atoms with Gasteiger partial charge in [-0.15, -0.1) is 0 Å². The Morgan fingerprint density at radius 3 is 2.23 bits per heavy atom. The molecular weight excluding hydrogens is 502 g/mol. The molecule has 3 rings (SSSR count). The number of hydrogen-bond acceptors (Lipinski definition) is 6. The van der Waals surface area contributed by atoms with Crippen LogP contribution in [0.25, 0.3) is 11.6 Å². The highest BCUT2D eigenvalue weighted by molar-refractivity contribution is 5.86. The van der Waals surface area contributed by atoms with Gasteiger partial charge in [-0.05, 0) is 121 Å². The molecule has 6 nitrogen and oxygen atoms in total. The fourth-order valence-electron chi connectivity index (χ4n) is 4.21. The minimum atomic E-state index is -0.730. The van der Waals surface area contributed by atoms with Gasteiger partial charge >= 0.3 is 11.9 Å². The normalized spacial score (nSPS) is 15.6. The highest BCUT2D eigenvalue weighted by Gasteiger charge is 2.26. The second-order valence-corrected chi connectivity index (χ2v) is 12.6. The summed E-state index contributed by atoms with van der Waals surface area (Å²) < 4.78 is 26.9. The third-order valence-corrected chi connectivity index (χ3v) is 6.68. The van der Waals surface area contributed by atoms with Crippen LogP contribution in [-0.4, -0.2) is 43.1 Å². The first-order valence-electron chi connectivity index (χ1n) is 15.0. The molecular formula is C34H47NO5. The fraction of sp³-hybridized carbons (Fsp3) is 0.529. The third-order valence-electron chi connectivity index (χ3n) is 6.68. The number of esters is 2. The number of allylic oxidation sites excluding steroid dienone is 1. The number of ether oxygens (including phenoxy) is 3. The number of piperidine rings is 1. The zero-order valence-corrected chi connectivity index (χ0v) is 25.4. The van der Waals surface area contributed by atoms with E-state index in [4.69, 9.17) is 14.2 Å². The van der Waals surface area contributed by atoms with Crippen molar-refractivity contribution in [2.45, 2.75) is 80.6 Å². The van der Waals surface area contributed by atoms with Gasteiger partial charge in [0, 0.05) is 12.1 Å². The lowest BCUT2D eigenvalue weighted by Crippen LogP contribution is -2.33. The standard InChI is InChI=1S/C34H47NO5/c1-8-13-25(26-14-12-15-28(23-26)38-21-20-35-18-10-9-11-19-35)22-27-24-29(39-31(36)33(2,3)4)16-17-30(27)40-32(37)34(5,6)7/h12,14-17,22-24H,8-11,13,18-21H2,1-7H3/i22D. The molecule has 6 heteroatoms. The summed E-state index contributed by atoms with van der Waals surface area (Å²) in [6, 6.07) is 12.9. The minimum Gasteiger partial charge on any atom is -0.492 e. The quantitative estimate of drug-likeness (QED) is 0.171. The van der Waals surface area contributed by atoms with Gasteiger partial charge in [0.25, 0.3) is 0 Å². The molecule has 218 valence electrons. The van der Waals surface area contributed by atoms with Gasteiger partial charge in [-0.2, -0.15) is 0 Å². The van der Waals surface area contributed by atoms with Crippen molar-refractivity contribution in [3.05, 3.63) is 53.6 Å². The average molecular weight is 551 g/mol. The van der Waals surface area contributed by atoms with Crippen LogP contribution in [0.3, 0.4) is 0 Å². The smallest absolute Gasteiger partial charge is 0.316 e. The zero-order valence-electron chi connectivity index (χ0n) is 26.4. The van der Waals surface area contributed by atoms with Gasteiger partial charge < -0.3 is 14.2 Å². The third kappa shape index (κ3) is 9.51. The molecule has 1 heterocycles. The first kappa shape index (κ1) is 29.9. The van der Waals surface area contributed by atoms with Gasteiger partial charge in [0.05, 0.1) is 12.2 Å². The van der Waals surface area contributed by atoms with Gasteiger partial charge in [-0.25, -0.2) is 0 Å². The van der Waals surface area contributed by atoms with Gasteiger partial charge in [0.1, 0.15) is 23.9 Å². The molecule has 1 aliphatic rings. The summed E-state index contributed by atoms with van der Waals surface area (Å²) in [6.07, 6.45) is 5.25. The maximum atomic E-state index is 12.8. The predicted molar refractivity (Wildman–Crippen MR) is 162 cm³/mol. The van der Waals surface area contributed by atoms with Crippen LogP contribution >= 0.6 is 0 Å². The second kappa shape index (κ2) is 14.0. The molecule has 40 heavy (non-hydrogen) atoms. The van der Waals surface area contributed by atoms with Gasteiger partial charge in [-0.1, -0.05) is 31.9 Å². The zero-order chi connectivity index (χ0) is 30.2. The Balaban J connectivity index is 1.98. The van der Waals surface area contributed by atoms with Gasteiger partial charge in [-0.3, -0.25) is 14.5 Å². The van der Waals surface area contributed by atoms with Crippen LogP contribution in [0.5, 0.6) is 17.2 Å². The van der Waals surface area contributed by atoms with E-state index >= 15 is 0 Å². The monoisotopic (exact) mass is 550 g/mol. The van der Waals surface area contributed by atoms with Crippen LogP contribution in [0.2, 0.25) is 0 Å². The Bertz CT molecular complexity index is 1230. The lowest BCUT2D eigenvalue weighted by atomic mass is 9.96. The molecule has 0 saturated carbocycles. The molecule has 1 saturated heterocycles. The van der Waals surface area contributed by atoms with Gasteiger partial charge in [0.2, 0.25) is 0 Å². The fourth-order valence-corrected chi connectivity index (χ4v) is 4.21. The van der Waals surface area contributed by atoms with E-state index in [1.807, 2.05) is 24.3 Å². The molecule has 0 amide bonds. The summed E-state index contributed by atoms with van der Waals surface area (Å²) in [7, 11) is 0. The summed E-state index contributed by atoms with van der Waals surface area (Å²) >= 11 is 0. The summed E-state index contributed by atoms with van der Waals surface area (Å²) in [5.41, 5.74) is 0.631. The number of carbonyl (C=O) groups is 2. The molecule has 0 bridgehead atoms. The Morgan fingerprint density at radius 2 is 1.57 bits per heavy atom. The second-order valence-electron chi connectivity index (χ2n) is 12.6. The van der Waals surface area contributed by atoms with E-state index in [1.165, 1.54) is 19.3 Å². The van der Waals surface area contributed by atoms with E-state index < -0.39 is 16.8 Å². The summed E-state index contributed by atoms with van der Waals surface area (Å²) in [4.78, 5) is 27.9. The van der Waals surface area contributed by atoms with Crippen molar-refractivity contribution in [2.24, 2.45) is 10.8 Å². The highest BCUT2D eigenvalue weighted by Crippen LogP contribution is 2.33. The first-order valence-corrected chi connectivity index (χ1v) is 14.5. The number of benzene rings is 2. The predicted octanol–water partition coefficient (Wildman–Crippen LogP) is 7.80. The molecule has 0 N–H and O–H groups in total. The van der Waals surface area contributed by atoms with Crippen LogP contribution in [0.15, 0.2) is 42.5 Å². The summed E-state index contributed by atoms with van der Waals surface area (Å²) in [5, 5.41) is 0. The first-order chi connectivity index (χ1) is 19.3. The van der Waals surface area contributed by atoms with E-state index in [1.54, 1.807) is 59.7 Å². The molecule has 0 aromatic heterocycles. The van der Waals surface area contributed by atoms with Crippen LogP contribution in [0.1, 0.15) is 93.1 Å². The number of hydrogen-bond donors (Lipinski definition) is 0. The average Bonchev–Trinajstić information content (AvgIpc) is 2.92. The molecule has 1 fully saturated rings. The van der Waals surface area contributed by atoms with Gasteiger partial charge in [0.15, 0.2) is 0 Å². The Morgan fingerprint density at radius 1 is 0.900 bits per heavy atom. The van der Waals surface area contributed by atoms with Crippen molar-refractivity contribution in [1.29, 1.82) is 0 Å². The maximum Gasteiger partial charge on any atom is 0.316 e. The largest absolute Gasteiger partial charge is 0.492 e. The lowest BCUT2D eigenvalue weighted by molar-refractivity contribution is -0.144. The lowest BCUT2D eigenvalue weighted by Gasteiger charge is -2.26. The van der Waals surface area contributed by atoms with E-state index in [0.29, 0.717) is 24.3 Å². The molecule has 0 spiro atoms. The summed E-state index contributed by atoms with van der Waals surface area (Å²) in [5.74, 6) is 0.515. The van der Waals surface area contributed by atoms with Crippen molar-refractivity contribution >= 4 is 23.6 Å². The van der Waals surface area contributed by atoms with E-state index in [9.17, 15) is 11.0 Å². The van der Waals surface area contributed by atoms with Crippen molar-refractivity contribution in [3.63, 3.8) is 0 Å². The number of likely N-dealkylation sites (tertiary alicyclic amines) is 1. The topological polar surface area (TPSA) is 65.1 Å². The van der Waals surface area contributed by atoms with E-state index in [-0.39, 0.29) is 17.8 Å². The molecule has 1 aliphatic heterocycles. The number of rotatable bonds is 10. The van der Waals surface area contributed by atoms with Crippen LogP contribution in [-0.2, 0) is 9.59 Å². The maximum absolute atomic E-state index is 12.8. The Labute approximate surface area is 242 Å². The Hall–Kier alpha value is -3.12. The molecule has 0 atom stereocenters. The summed E-state index contributed by atoms with van der Waals surface area (Å²) in [6.45, 7) is 16.5. The van der Waals surface area contributed by atoms with Crippen molar-refractivity contribution in [1.82, 2.24) is 4.90 Å². The number of carbonyl (C=O) groups excluding carboxylic acids is 2. The van der Waals surface area contributed by atoms with E-state index in [2.05, 4.69) is 11.8 Å². The molecule has 0 radical (unpaired) electrons. The molecule has 0 unspecified atom stereocenters. The molecule has 0 aliphatic carbocycles.